The molecule has 0 unspecified atom stereocenters. The molecule has 0 N–H and O–H groups in total. The fourth-order valence-electron chi connectivity index (χ4n) is 3.37. The highest BCUT2D eigenvalue weighted by atomic mass is 16.5. The third-order valence-corrected chi connectivity index (χ3v) is 4.69. The lowest BCUT2D eigenvalue weighted by molar-refractivity contribution is -0.134. The zero-order chi connectivity index (χ0) is 19.2. The van der Waals surface area contributed by atoms with Crippen molar-refractivity contribution in [3.63, 3.8) is 0 Å². The smallest absolute Gasteiger partial charge is 0.261 e. The van der Waals surface area contributed by atoms with Crippen LogP contribution in [-0.4, -0.2) is 38.2 Å². The topological polar surface area (TPSA) is 71.8 Å². The van der Waals surface area contributed by atoms with Gasteiger partial charge in [0.05, 0.1) is 31.9 Å². The van der Waals surface area contributed by atoms with Crippen LogP contribution in [0.25, 0.3) is 0 Å². The van der Waals surface area contributed by atoms with Crippen molar-refractivity contribution in [2.45, 2.75) is 18.9 Å². The molecule has 1 heterocycles. The summed E-state index contributed by atoms with van der Waals surface area (Å²) >= 11 is 0. The van der Waals surface area contributed by atoms with Gasteiger partial charge >= 0.3 is 0 Å². The van der Waals surface area contributed by atoms with E-state index in [9.17, 15) is 4.79 Å². The van der Waals surface area contributed by atoms with Crippen LogP contribution in [0.2, 0.25) is 0 Å². The molecule has 1 aliphatic rings. The summed E-state index contributed by atoms with van der Waals surface area (Å²) in [4.78, 5) is 14.6. The molecule has 1 saturated heterocycles. The second-order valence-corrected chi connectivity index (χ2v) is 6.28. The number of amides is 1. The molecule has 2 aromatic carbocycles. The molecule has 0 aromatic heterocycles. The number of benzene rings is 2. The lowest BCUT2D eigenvalue weighted by Gasteiger charge is -2.26. The van der Waals surface area contributed by atoms with Gasteiger partial charge in [0.15, 0.2) is 6.61 Å². The molecule has 2 aromatic rings. The number of hydrogen-bond donors (Lipinski definition) is 0. The van der Waals surface area contributed by atoms with Gasteiger partial charge in [-0.25, -0.2) is 0 Å². The van der Waals surface area contributed by atoms with Crippen LogP contribution >= 0.6 is 0 Å². The lowest BCUT2D eigenvalue weighted by Crippen LogP contribution is -2.34. The van der Waals surface area contributed by atoms with E-state index in [4.69, 9.17) is 19.5 Å². The maximum Gasteiger partial charge on any atom is 0.261 e. The van der Waals surface area contributed by atoms with Crippen molar-refractivity contribution < 1.29 is 19.0 Å². The number of likely N-dealkylation sites (tertiary alicyclic amines) is 1. The summed E-state index contributed by atoms with van der Waals surface area (Å²) in [6, 6.07) is 14.4. The van der Waals surface area contributed by atoms with Crippen LogP contribution < -0.4 is 14.2 Å². The predicted molar refractivity (Wildman–Crippen MR) is 99.9 cm³/mol. The fraction of sp³-hybridized carbons (Fsp3) is 0.333. The average molecular weight is 366 g/mol. The van der Waals surface area contributed by atoms with Crippen LogP contribution in [0.3, 0.4) is 0 Å². The summed E-state index contributed by atoms with van der Waals surface area (Å²) in [6.45, 7) is 0.600. The van der Waals surface area contributed by atoms with Crippen LogP contribution in [0, 0.1) is 11.3 Å². The Morgan fingerprint density at radius 2 is 2.04 bits per heavy atom. The monoisotopic (exact) mass is 366 g/mol. The van der Waals surface area contributed by atoms with Crippen molar-refractivity contribution in [1.29, 1.82) is 5.26 Å². The molecule has 27 heavy (non-hydrogen) atoms. The minimum Gasteiger partial charge on any atom is -0.497 e. The summed E-state index contributed by atoms with van der Waals surface area (Å²) in [5, 5.41) is 8.96. The van der Waals surface area contributed by atoms with E-state index in [2.05, 4.69) is 6.07 Å². The number of ether oxygens (including phenoxy) is 3. The van der Waals surface area contributed by atoms with Gasteiger partial charge in [-0.1, -0.05) is 6.07 Å². The number of rotatable bonds is 6. The van der Waals surface area contributed by atoms with Gasteiger partial charge in [-0.15, -0.1) is 0 Å². The first-order valence-corrected chi connectivity index (χ1v) is 8.80. The molecule has 0 spiro atoms. The lowest BCUT2D eigenvalue weighted by atomic mass is 10.0. The van der Waals surface area contributed by atoms with Gasteiger partial charge < -0.3 is 19.1 Å². The van der Waals surface area contributed by atoms with Gasteiger partial charge in [0, 0.05) is 12.1 Å². The third-order valence-electron chi connectivity index (χ3n) is 4.69. The maximum absolute atomic E-state index is 12.8. The van der Waals surface area contributed by atoms with Crippen molar-refractivity contribution in [3.8, 4) is 23.3 Å². The largest absolute Gasteiger partial charge is 0.497 e. The summed E-state index contributed by atoms with van der Waals surface area (Å²) in [5.41, 5.74) is 1.44. The molecule has 3 rings (SSSR count). The highest BCUT2D eigenvalue weighted by Gasteiger charge is 2.32. The second-order valence-electron chi connectivity index (χ2n) is 6.28. The van der Waals surface area contributed by atoms with Crippen molar-refractivity contribution >= 4 is 5.91 Å². The minimum atomic E-state index is -0.0928. The molecule has 1 atom stereocenters. The Morgan fingerprint density at radius 1 is 1.19 bits per heavy atom. The van der Waals surface area contributed by atoms with Crippen molar-refractivity contribution in [1.82, 2.24) is 4.90 Å². The van der Waals surface area contributed by atoms with Crippen LogP contribution in [0.15, 0.2) is 42.5 Å². The van der Waals surface area contributed by atoms with E-state index < -0.39 is 0 Å². The molecule has 0 aliphatic carbocycles. The number of hydrogen-bond acceptors (Lipinski definition) is 5. The van der Waals surface area contributed by atoms with Crippen molar-refractivity contribution in [2.75, 3.05) is 27.4 Å². The first kappa shape index (κ1) is 18.6. The highest BCUT2D eigenvalue weighted by Crippen LogP contribution is 2.38. The van der Waals surface area contributed by atoms with Crippen LogP contribution in [-0.2, 0) is 4.79 Å². The number of methoxy groups -OCH3 is 2. The molecule has 140 valence electrons. The van der Waals surface area contributed by atoms with E-state index in [1.165, 1.54) is 0 Å². The summed E-state index contributed by atoms with van der Waals surface area (Å²) in [7, 11) is 3.24. The Hall–Kier alpha value is -3.20. The van der Waals surface area contributed by atoms with Crippen LogP contribution in [0.1, 0.15) is 30.0 Å². The molecule has 1 fully saturated rings. The SMILES string of the molecule is COc1ccc(OC)c([C@@H]2CCCN2C(=O)COc2cccc(C#N)c2)c1. The Balaban J connectivity index is 1.74. The number of carbonyl (C=O) groups excluding carboxylic acids is 1. The standard InChI is InChI=1S/C21H22N2O4/c1-25-16-8-9-20(26-2)18(12-16)19-7-4-10-23(19)21(24)14-27-17-6-3-5-15(11-17)13-22/h3,5-6,8-9,11-12,19H,4,7,10,14H2,1-2H3/t19-/m0/s1. The van der Waals surface area contributed by atoms with Crippen molar-refractivity contribution in [2.24, 2.45) is 0 Å². The van der Waals surface area contributed by atoms with E-state index in [1.807, 2.05) is 23.1 Å². The van der Waals surface area contributed by atoms with E-state index in [-0.39, 0.29) is 18.6 Å². The van der Waals surface area contributed by atoms with E-state index in [0.29, 0.717) is 17.9 Å². The first-order valence-electron chi connectivity index (χ1n) is 8.80. The fourth-order valence-corrected chi connectivity index (χ4v) is 3.37. The number of carbonyl (C=O) groups is 1. The number of nitriles is 1. The van der Waals surface area contributed by atoms with Gasteiger partial charge in [0.25, 0.3) is 5.91 Å². The van der Waals surface area contributed by atoms with Gasteiger partial charge in [-0.3, -0.25) is 4.79 Å². The summed E-state index contributed by atoms with van der Waals surface area (Å²) in [6.07, 6.45) is 1.78. The second kappa shape index (κ2) is 8.45. The molecule has 0 bridgehead atoms. The Bertz CT molecular complexity index is 860. The van der Waals surface area contributed by atoms with Crippen LogP contribution in [0.4, 0.5) is 0 Å². The van der Waals surface area contributed by atoms with Crippen molar-refractivity contribution in [3.05, 3.63) is 53.6 Å². The third kappa shape index (κ3) is 4.14. The molecular weight excluding hydrogens is 344 g/mol. The Labute approximate surface area is 158 Å². The Morgan fingerprint density at radius 3 is 2.78 bits per heavy atom. The molecule has 1 amide bonds. The van der Waals surface area contributed by atoms with Gasteiger partial charge in [0.2, 0.25) is 0 Å². The van der Waals surface area contributed by atoms with E-state index >= 15 is 0 Å². The van der Waals surface area contributed by atoms with E-state index in [0.717, 1.165) is 29.9 Å². The molecule has 6 nitrogen and oxygen atoms in total. The van der Waals surface area contributed by atoms with Gasteiger partial charge in [-0.05, 0) is 49.2 Å². The average Bonchev–Trinajstić information content (AvgIpc) is 3.21. The highest BCUT2D eigenvalue weighted by molar-refractivity contribution is 5.78. The number of nitrogens with zero attached hydrogens (tertiary/aromatic N) is 2. The molecular formula is C21H22N2O4. The van der Waals surface area contributed by atoms with Crippen LogP contribution in [0.5, 0.6) is 17.2 Å². The molecule has 1 aliphatic heterocycles. The van der Waals surface area contributed by atoms with E-state index in [1.54, 1.807) is 38.5 Å². The van der Waals surface area contributed by atoms with Gasteiger partial charge in [-0.2, -0.15) is 5.26 Å². The molecule has 6 heteroatoms. The van der Waals surface area contributed by atoms with Gasteiger partial charge in [0.1, 0.15) is 17.2 Å². The quantitative estimate of drug-likeness (QED) is 0.784. The predicted octanol–water partition coefficient (Wildman–Crippen LogP) is 3.32. The zero-order valence-electron chi connectivity index (χ0n) is 15.5. The Kier molecular flexibility index (Phi) is 5.82. The molecule has 0 saturated carbocycles. The minimum absolute atomic E-state index is 0.0718. The zero-order valence-corrected chi connectivity index (χ0v) is 15.5. The normalized spacial score (nSPS) is 15.9. The maximum atomic E-state index is 12.8. The molecule has 0 radical (unpaired) electrons. The summed E-state index contributed by atoms with van der Waals surface area (Å²) in [5.74, 6) is 1.89. The summed E-state index contributed by atoms with van der Waals surface area (Å²) < 4.78 is 16.4. The first-order chi connectivity index (χ1) is 13.2.